The molecular weight excluding hydrogens is 266 g/mol. The van der Waals surface area contributed by atoms with Gasteiger partial charge in [0.25, 0.3) is 0 Å². The number of guanidine groups is 1. The summed E-state index contributed by atoms with van der Waals surface area (Å²) in [6, 6.07) is -0.931. The van der Waals surface area contributed by atoms with E-state index in [1.165, 1.54) is 4.90 Å². The van der Waals surface area contributed by atoms with Gasteiger partial charge >= 0.3 is 5.97 Å². The molecule has 1 aliphatic rings. The van der Waals surface area contributed by atoms with Gasteiger partial charge in [0, 0.05) is 19.5 Å². The molecule has 7 N–H and O–H groups in total. The average molecular weight is 285 g/mol. The first-order chi connectivity index (χ1) is 9.32. The summed E-state index contributed by atoms with van der Waals surface area (Å²) in [5.74, 6) is -2.43. The molecule has 1 rings (SSSR count). The van der Waals surface area contributed by atoms with Crippen molar-refractivity contribution in [1.29, 1.82) is 0 Å². The van der Waals surface area contributed by atoms with Crippen molar-refractivity contribution in [3.8, 4) is 0 Å². The Morgan fingerprint density at radius 3 is 2.60 bits per heavy atom. The Hall–Kier alpha value is -2.16. The van der Waals surface area contributed by atoms with Crippen LogP contribution in [0.3, 0.4) is 0 Å². The zero-order valence-electron chi connectivity index (χ0n) is 11.0. The second kappa shape index (κ2) is 6.85. The van der Waals surface area contributed by atoms with Crippen LogP contribution in [0.15, 0.2) is 4.99 Å². The minimum Gasteiger partial charge on any atom is -0.480 e. The quantitative estimate of drug-likeness (QED) is 0.246. The first-order valence-electron chi connectivity index (χ1n) is 6.21. The molecule has 1 heterocycles. The van der Waals surface area contributed by atoms with Gasteiger partial charge < -0.3 is 22.3 Å². The fourth-order valence-electron chi connectivity index (χ4n) is 1.83. The van der Waals surface area contributed by atoms with E-state index in [0.29, 0.717) is 6.42 Å². The number of amides is 2. The summed E-state index contributed by atoms with van der Waals surface area (Å²) in [7, 11) is 0. The van der Waals surface area contributed by atoms with Gasteiger partial charge in [-0.1, -0.05) is 0 Å². The highest BCUT2D eigenvalue weighted by atomic mass is 16.4. The van der Waals surface area contributed by atoms with Crippen molar-refractivity contribution in [2.45, 2.75) is 25.3 Å². The molecule has 0 aromatic carbocycles. The summed E-state index contributed by atoms with van der Waals surface area (Å²) in [5, 5.41) is 8.60. The molecule has 0 aromatic heterocycles. The molecule has 1 unspecified atom stereocenters. The Morgan fingerprint density at radius 1 is 1.45 bits per heavy atom. The molecule has 0 spiro atoms. The van der Waals surface area contributed by atoms with E-state index in [2.05, 4.69) is 4.99 Å². The van der Waals surface area contributed by atoms with Crippen LogP contribution >= 0.6 is 0 Å². The number of primary amides is 1. The van der Waals surface area contributed by atoms with Crippen molar-refractivity contribution < 1.29 is 19.5 Å². The number of nitrogens with two attached hydrogens (primary N) is 3. The van der Waals surface area contributed by atoms with E-state index in [0.717, 1.165) is 0 Å². The lowest BCUT2D eigenvalue weighted by Crippen LogP contribution is -2.39. The first-order valence-corrected chi connectivity index (χ1v) is 6.21. The van der Waals surface area contributed by atoms with Crippen molar-refractivity contribution in [3.05, 3.63) is 0 Å². The second-order valence-electron chi connectivity index (χ2n) is 4.63. The van der Waals surface area contributed by atoms with Gasteiger partial charge in [0.1, 0.15) is 6.04 Å². The van der Waals surface area contributed by atoms with Gasteiger partial charge in [-0.25, -0.2) is 0 Å². The SMILES string of the molecule is NC(=O)C1CC(=O)N(C(N)=NCCC[C@H](N)C(=O)O)C1. The zero-order chi connectivity index (χ0) is 15.3. The third-order valence-electron chi connectivity index (χ3n) is 3.07. The van der Waals surface area contributed by atoms with Gasteiger partial charge in [-0.3, -0.25) is 24.3 Å². The van der Waals surface area contributed by atoms with E-state index in [9.17, 15) is 14.4 Å². The zero-order valence-corrected chi connectivity index (χ0v) is 11.0. The molecule has 0 aliphatic carbocycles. The molecule has 0 radical (unpaired) electrons. The lowest BCUT2D eigenvalue weighted by molar-refractivity contribution is -0.138. The van der Waals surface area contributed by atoms with E-state index in [1.54, 1.807) is 0 Å². The van der Waals surface area contributed by atoms with Crippen LogP contribution in [0.1, 0.15) is 19.3 Å². The normalized spacial score (nSPS) is 21.1. The maximum atomic E-state index is 11.6. The highest BCUT2D eigenvalue weighted by molar-refractivity contribution is 6.00. The van der Waals surface area contributed by atoms with Crippen LogP contribution in [0.5, 0.6) is 0 Å². The number of carbonyl (C=O) groups is 3. The highest BCUT2D eigenvalue weighted by Crippen LogP contribution is 2.16. The number of likely N-dealkylation sites (tertiary alicyclic amines) is 1. The van der Waals surface area contributed by atoms with E-state index < -0.39 is 23.8 Å². The lowest BCUT2D eigenvalue weighted by Gasteiger charge is -2.14. The predicted octanol–water partition coefficient (Wildman–Crippen LogP) is -2.17. The van der Waals surface area contributed by atoms with E-state index in [-0.39, 0.29) is 37.8 Å². The second-order valence-corrected chi connectivity index (χ2v) is 4.63. The minimum absolute atomic E-state index is 0.0163. The van der Waals surface area contributed by atoms with Gasteiger partial charge in [0.15, 0.2) is 5.96 Å². The molecule has 2 atom stereocenters. The van der Waals surface area contributed by atoms with Crippen molar-refractivity contribution >= 4 is 23.7 Å². The molecule has 1 aliphatic heterocycles. The first kappa shape index (κ1) is 15.9. The van der Waals surface area contributed by atoms with E-state index in [4.69, 9.17) is 22.3 Å². The van der Waals surface area contributed by atoms with Gasteiger partial charge in [-0.15, -0.1) is 0 Å². The van der Waals surface area contributed by atoms with Crippen LogP contribution in [0.2, 0.25) is 0 Å². The number of hydrogen-bond donors (Lipinski definition) is 4. The van der Waals surface area contributed by atoms with Crippen molar-refractivity contribution in [3.63, 3.8) is 0 Å². The number of carboxylic acid groups (broad SMARTS) is 1. The van der Waals surface area contributed by atoms with Crippen LogP contribution < -0.4 is 17.2 Å². The largest absolute Gasteiger partial charge is 0.480 e. The summed E-state index contributed by atoms with van der Waals surface area (Å²) in [4.78, 5) is 38.3. The van der Waals surface area contributed by atoms with Crippen molar-refractivity contribution in [2.75, 3.05) is 13.1 Å². The van der Waals surface area contributed by atoms with Gasteiger partial charge in [0.2, 0.25) is 11.8 Å². The van der Waals surface area contributed by atoms with Gasteiger partial charge in [0.05, 0.1) is 5.92 Å². The number of carbonyl (C=O) groups excluding carboxylic acids is 2. The Balaban J connectivity index is 2.43. The highest BCUT2D eigenvalue weighted by Gasteiger charge is 2.34. The monoisotopic (exact) mass is 285 g/mol. The average Bonchev–Trinajstić information content (AvgIpc) is 2.76. The molecule has 0 saturated carbocycles. The maximum absolute atomic E-state index is 11.6. The fourth-order valence-corrected chi connectivity index (χ4v) is 1.83. The lowest BCUT2D eigenvalue weighted by atomic mass is 10.1. The van der Waals surface area contributed by atoms with E-state index in [1.807, 2.05) is 0 Å². The van der Waals surface area contributed by atoms with Crippen LogP contribution in [0, 0.1) is 5.92 Å². The smallest absolute Gasteiger partial charge is 0.320 e. The number of rotatable bonds is 6. The third-order valence-corrected chi connectivity index (χ3v) is 3.07. The Kier molecular flexibility index (Phi) is 5.44. The maximum Gasteiger partial charge on any atom is 0.320 e. The number of carboxylic acids is 1. The van der Waals surface area contributed by atoms with E-state index >= 15 is 0 Å². The fraction of sp³-hybridized carbons (Fsp3) is 0.636. The molecule has 9 heteroatoms. The molecule has 1 fully saturated rings. The molecule has 9 nitrogen and oxygen atoms in total. The minimum atomic E-state index is -1.07. The number of hydrogen-bond acceptors (Lipinski definition) is 5. The predicted molar refractivity (Wildman–Crippen MR) is 70.3 cm³/mol. The van der Waals surface area contributed by atoms with Crippen LogP contribution in [-0.4, -0.2) is 52.9 Å². The Labute approximate surface area is 115 Å². The van der Waals surface area contributed by atoms with Gasteiger partial charge in [-0.05, 0) is 12.8 Å². The molecule has 2 amide bonds. The van der Waals surface area contributed by atoms with Crippen LogP contribution in [0.4, 0.5) is 0 Å². The summed E-state index contributed by atoms with van der Waals surface area (Å²) < 4.78 is 0. The van der Waals surface area contributed by atoms with Crippen molar-refractivity contribution in [1.82, 2.24) is 4.90 Å². The summed E-state index contributed by atoms with van der Waals surface area (Å²) in [6.45, 7) is 0.399. The van der Waals surface area contributed by atoms with Crippen LogP contribution in [-0.2, 0) is 14.4 Å². The number of aliphatic carboxylic acids is 1. The molecule has 112 valence electrons. The molecule has 20 heavy (non-hydrogen) atoms. The molecule has 0 aromatic rings. The summed E-state index contributed by atoms with van der Waals surface area (Å²) in [5.41, 5.74) is 16.1. The Morgan fingerprint density at radius 2 is 2.10 bits per heavy atom. The molecular formula is C11H19N5O4. The number of nitrogens with zero attached hydrogens (tertiary/aromatic N) is 2. The number of aliphatic imine (C=N–C) groups is 1. The molecule has 0 bridgehead atoms. The topological polar surface area (TPSA) is 165 Å². The van der Waals surface area contributed by atoms with Gasteiger partial charge in [-0.2, -0.15) is 0 Å². The molecule has 1 saturated heterocycles. The Bertz CT molecular complexity index is 437. The third kappa shape index (κ3) is 4.19. The summed E-state index contributed by atoms with van der Waals surface area (Å²) in [6.07, 6.45) is 0.745. The van der Waals surface area contributed by atoms with Crippen molar-refractivity contribution in [2.24, 2.45) is 28.1 Å². The van der Waals surface area contributed by atoms with Crippen LogP contribution in [0.25, 0.3) is 0 Å². The standard InChI is InChI=1S/C11H19N5O4/c12-7(10(19)20)2-1-3-15-11(14)16-5-6(9(13)18)4-8(16)17/h6-7H,1-5,12H2,(H2,13,18)(H2,14,15)(H,19,20)/t6?,7-/m0/s1. The summed E-state index contributed by atoms with van der Waals surface area (Å²) >= 11 is 0.